The minimum absolute atomic E-state index is 0.364. The third kappa shape index (κ3) is 3.00. The van der Waals surface area contributed by atoms with E-state index in [1.54, 1.807) is 14.2 Å². The number of rotatable bonds is 4. The molecule has 1 atom stereocenters. The second-order valence-corrected chi connectivity index (χ2v) is 5.89. The minimum atomic E-state index is 0.364. The molecule has 0 amide bonds. The number of hydrogen-bond donors (Lipinski definition) is 0. The van der Waals surface area contributed by atoms with Crippen molar-refractivity contribution >= 4 is 15.9 Å². The van der Waals surface area contributed by atoms with E-state index in [4.69, 9.17) is 9.47 Å². The normalized spacial score (nSPS) is 18.4. The molecule has 2 nitrogen and oxygen atoms in total. The van der Waals surface area contributed by atoms with E-state index in [2.05, 4.69) is 22.0 Å². The van der Waals surface area contributed by atoms with Gasteiger partial charge in [-0.25, -0.2) is 0 Å². The van der Waals surface area contributed by atoms with Gasteiger partial charge < -0.3 is 9.47 Å². The van der Waals surface area contributed by atoms with Crippen molar-refractivity contribution in [2.75, 3.05) is 14.2 Å². The third-order valence-electron chi connectivity index (χ3n) is 3.80. The average molecular weight is 313 g/mol. The summed E-state index contributed by atoms with van der Waals surface area (Å²) < 4.78 is 10.8. The number of benzene rings is 1. The van der Waals surface area contributed by atoms with Gasteiger partial charge in [0.2, 0.25) is 0 Å². The van der Waals surface area contributed by atoms with Crippen LogP contribution in [0.2, 0.25) is 0 Å². The Balaban J connectivity index is 2.23. The molecule has 1 aliphatic carbocycles. The fourth-order valence-electron chi connectivity index (χ4n) is 2.74. The summed E-state index contributed by atoms with van der Waals surface area (Å²) in [5, 5.41) is 0. The van der Waals surface area contributed by atoms with Crippen molar-refractivity contribution in [1.29, 1.82) is 0 Å². The molecule has 0 saturated heterocycles. The lowest BCUT2D eigenvalue weighted by Gasteiger charge is -2.27. The molecule has 0 radical (unpaired) electrons. The molecule has 1 aromatic carbocycles. The van der Waals surface area contributed by atoms with E-state index in [1.807, 2.05) is 12.1 Å². The molecule has 0 spiro atoms. The highest BCUT2D eigenvalue weighted by Crippen LogP contribution is 2.44. The summed E-state index contributed by atoms with van der Waals surface area (Å²) in [5.41, 5.74) is 1.21. The predicted octanol–water partition coefficient (Wildman–Crippen LogP) is 4.72. The zero-order chi connectivity index (χ0) is 13.0. The highest BCUT2D eigenvalue weighted by atomic mass is 79.9. The van der Waals surface area contributed by atoms with Gasteiger partial charge in [-0.1, -0.05) is 35.2 Å². The minimum Gasteiger partial charge on any atom is -0.497 e. The SMILES string of the molecule is COc1ccc(OC)c(C(Br)C2CCCCC2)c1. The number of hydrogen-bond acceptors (Lipinski definition) is 2. The monoisotopic (exact) mass is 312 g/mol. The summed E-state index contributed by atoms with van der Waals surface area (Å²) in [7, 11) is 3.43. The zero-order valence-electron chi connectivity index (χ0n) is 11.1. The number of ether oxygens (including phenoxy) is 2. The highest BCUT2D eigenvalue weighted by molar-refractivity contribution is 9.09. The maximum Gasteiger partial charge on any atom is 0.123 e. The van der Waals surface area contributed by atoms with Crippen LogP contribution in [0.1, 0.15) is 42.5 Å². The molecule has 0 aromatic heterocycles. The molecular weight excluding hydrogens is 292 g/mol. The van der Waals surface area contributed by atoms with Crippen molar-refractivity contribution in [1.82, 2.24) is 0 Å². The molecule has 0 N–H and O–H groups in total. The van der Waals surface area contributed by atoms with Crippen LogP contribution >= 0.6 is 15.9 Å². The molecule has 0 aliphatic heterocycles. The Kier molecular flexibility index (Phi) is 4.93. The summed E-state index contributed by atoms with van der Waals surface area (Å²) in [6, 6.07) is 6.03. The van der Waals surface area contributed by atoms with Crippen LogP contribution in [0.25, 0.3) is 0 Å². The largest absolute Gasteiger partial charge is 0.497 e. The van der Waals surface area contributed by atoms with Crippen LogP contribution in [0, 0.1) is 5.92 Å². The molecule has 1 aliphatic rings. The molecule has 1 fully saturated rings. The molecule has 0 bridgehead atoms. The molecule has 1 saturated carbocycles. The summed E-state index contributed by atoms with van der Waals surface area (Å²) in [6.07, 6.45) is 6.68. The standard InChI is InChI=1S/C15H21BrO2/c1-17-12-8-9-14(18-2)13(10-12)15(16)11-6-4-3-5-7-11/h8-11,15H,3-7H2,1-2H3. The Hall–Kier alpha value is -0.700. The van der Waals surface area contributed by atoms with Crippen LogP contribution in [0.3, 0.4) is 0 Å². The Labute approximate surface area is 118 Å². The van der Waals surface area contributed by atoms with Gasteiger partial charge in [0.15, 0.2) is 0 Å². The van der Waals surface area contributed by atoms with Crippen molar-refractivity contribution in [3.63, 3.8) is 0 Å². The topological polar surface area (TPSA) is 18.5 Å². The quantitative estimate of drug-likeness (QED) is 0.749. The van der Waals surface area contributed by atoms with Crippen LogP contribution in [0.15, 0.2) is 18.2 Å². The van der Waals surface area contributed by atoms with Crippen LogP contribution in [0.5, 0.6) is 11.5 Å². The maximum absolute atomic E-state index is 5.47. The van der Waals surface area contributed by atoms with Gasteiger partial charge in [-0.2, -0.15) is 0 Å². The fraction of sp³-hybridized carbons (Fsp3) is 0.600. The summed E-state index contributed by atoms with van der Waals surface area (Å²) in [6.45, 7) is 0. The van der Waals surface area contributed by atoms with Gasteiger partial charge in [-0.3, -0.25) is 0 Å². The molecule has 18 heavy (non-hydrogen) atoms. The summed E-state index contributed by atoms with van der Waals surface area (Å²) in [4.78, 5) is 0.364. The first-order chi connectivity index (χ1) is 8.76. The van der Waals surface area contributed by atoms with Crippen molar-refractivity contribution in [2.45, 2.75) is 36.9 Å². The Morgan fingerprint density at radius 3 is 2.44 bits per heavy atom. The first kappa shape index (κ1) is 13.7. The second kappa shape index (κ2) is 6.46. The van der Waals surface area contributed by atoms with Crippen molar-refractivity contribution in [3.8, 4) is 11.5 Å². The number of alkyl halides is 1. The average Bonchev–Trinajstić information content (AvgIpc) is 2.46. The molecule has 1 unspecified atom stereocenters. The van der Waals surface area contributed by atoms with Crippen molar-refractivity contribution in [2.24, 2.45) is 5.92 Å². The smallest absolute Gasteiger partial charge is 0.123 e. The van der Waals surface area contributed by atoms with Gasteiger partial charge in [0.1, 0.15) is 11.5 Å². The lowest BCUT2D eigenvalue weighted by Crippen LogP contribution is -2.12. The van der Waals surface area contributed by atoms with Crippen LogP contribution in [0.4, 0.5) is 0 Å². The zero-order valence-corrected chi connectivity index (χ0v) is 12.7. The summed E-state index contributed by atoms with van der Waals surface area (Å²) in [5.74, 6) is 2.55. The Morgan fingerprint density at radius 1 is 1.11 bits per heavy atom. The van der Waals surface area contributed by atoms with Crippen LogP contribution < -0.4 is 9.47 Å². The molecule has 3 heteroatoms. The first-order valence-corrected chi connectivity index (χ1v) is 7.54. The Morgan fingerprint density at radius 2 is 1.83 bits per heavy atom. The Bertz CT molecular complexity index is 386. The van der Waals surface area contributed by atoms with Crippen LogP contribution in [-0.2, 0) is 0 Å². The van der Waals surface area contributed by atoms with Gasteiger partial charge in [-0.05, 0) is 37.0 Å². The van der Waals surface area contributed by atoms with Gasteiger partial charge in [0, 0.05) is 10.4 Å². The molecule has 2 rings (SSSR count). The number of methoxy groups -OCH3 is 2. The van der Waals surface area contributed by atoms with Gasteiger partial charge in [0.05, 0.1) is 14.2 Å². The molecular formula is C15H21BrO2. The maximum atomic E-state index is 5.47. The van der Waals surface area contributed by atoms with E-state index in [0.717, 1.165) is 11.5 Å². The lowest BCUT2D eigenvalue weighted by atomic mass is 9.84. The van der Waals surface area contributed by atoms with Crippen LogP contribution in [-0.4, -0.2) is 14.2 Å². The number of halogens is 1. The lowest BCUT2D eigenvalue weighted by molar-refractivity contribution is 0.344. The van der Waals surface area contributed by atoms with E-state index in [1.165, 1.54) is 37.7 Å². The first-order valence-electron chi connectivity index (χ1n) is 6.62. The van der Waals surface area contributed by atoms with Crippen molar-refractivity contribution in [3.05, 3.63) is 23.8 Å². The predicted molar refractivity (Wildman–Crippen MR) is 77.8 cm³/mol. The van der Waals surface area contributed by atoms with E-state index in [0.29, 0.717) is 10.7 Å². The van der Waals surface area contributed by atoms with E-state index < -0.39 is 0 Å². The fourth-order valence-corrected chi connectivity index (χ4v) is 3.62. The van der Waals surface area contributed by atoms with E-state index in [9.17, 15) is 0 Å². The molecule has 0 heterocycles. The molecule has 100 valence electrons. The highest BCUT2D eigenvalue weighted by Gasteiger charge is 2.25. The second-order valence-electron chi connectivity index (χ2n) is 4.91. The molecule has 1 aromatic rings. The van der Waals surface area contributed by atoms with Gasteiger partial charge in [0.25, 0.3) is 0 Å². The third-order valence-corrected chi connectivity index (χ3v) is 5.04. The van der Waals surface area contributed by atoms with E-state index in [-0.39, 0.29) is 0 Å². The van der Waals surface area contributed by atoms with Gasteiger partial charge >= 0.3 is 0 Å². The van der Waals surface area contributed by atoms with E-state index >= 15 is 0 Å². The summed E-state index contributed by atoms with van der Waals surface area (Å²) >= 11 is 3.87. The van der Waals surface area contributed by atoms with Crippen molar-refractivity contribution < 1.29 is 9.47 Å². The van der Waals surface area contributed by atoms with Gasteiger partial charge in [-0.15, -0.1) is 0 Å².